The van der Waals surface area contributed by atoms with Gasteiger partial charge in [0.2, 0.25) is 11.8 Å². The van der Waals surface area contributed by atoms with Crippen molar-refractivity contribution in [1.82, 2.24) is 15.5 Å². The van der Waals surface area contributed by atoms with Crippen molar-refractivity contribution in [3.05, 3.63) is 41.5 Å². The first kappa shape index (κ1) is 27.2. The first-order chi connectivity index (χ1) is 14.6. The van der Waals surface area contributed by atoms with Crippen LogP contribution in [0.4, 0.5) is 5.69 Å². The molecular weight excluding hydrogens is 408 g/mol. The highest BCUT2D eigenvalue weighted by Gasteiger charge is 2.40. The van der Waals surface area contributed by atoms with Gasteiger partial charge < -0.3 is 26.4 Å². The van der Waals surface area contributed by atoms with Gasteiger partial charge >= 0.3 is 5.97 Å². The summed E-state index contributed by atoms with van der Waals surface area (Å²) in [5.41, 5.74) is 6.44. The average Bonchev–Trinajstić information content (AvgIpc) is 2.68. The fourth-order valence-electron chi connectivity index (χ4n) is 3.47. The van der Waals surface area contributed by atoms with Crippen molar-refractivity contribution < 1.29 is 19.5 Å². The van der Waals surface area contributed by atoms with Crippen LogP contribution >= 0.6 is 0 Å². The number of carbonyl (C=O) groups is 3. The molecule has 5 N–H and O–H groups in total. The molecule has 0 saturated carbocycles. The number of hydrogen-bond donors (Lipinski definition) is 4. The number of aliphatic carboxylic acids is 1. The van der Waals surface area contributed by atoms with E-state index < -0.39 is 28.9 Å². The molecule has 1 unspecified atom stereocenters. The van der Waals surface area contributed by atoms with Crippen LogP contribution in [-0.2, 0) is 19.8 Å². The van der Waals surface area contributed by atoms with Crippen molar-refractivity contribution in [2.75, 3.05) is 26.4 Å². The summed E-state index contributed by atoms with van der Waals surface area (Å²) in [6, 6.07) is 5.98. The summed E-state index contributed by atoms with van der Waals surface area (Å²) >= 11 is 0. The number of anilines is 1. The van der Waals surface area contributed by atoms with Crippen LogP contribution < -0.4 is 16.4 Å². The molecule has 0 heterocycles. The first-order valence-corrected chi connectivity index (χ1v) is 10.6. The maximum atomic E-state index is 13.4. The maximum Gasteiger partial charge on any atom is 0.331 e. The van der Waals surface area contributed by atoms with E-state index in [1.165, 1.54) is 17.9 Å². The van der Waals surface area contributed by atoms with Crippen LogP contribution in [0.3, 0.4) is 0 Å². The molecule has 0 spiro atoms. The molecule has 0 fully saturated rings. The third-order valence-corrected chi connectivity index (χ3v) is 5.69. The largest absolute Gasteiger partial charge is 0.478 e. The van der Waals surface area contributed by atoms with E-state index in [4.69, 9.17) is 10.8 Å². The smallest absolute Gasteiger partial charge is 0.331 e. The number of nitrogen functional groups attached to an aromatic ring is 1. The Balaban J connectivity index is 3.14. The second-order valence-corrected chi connectivity index (χ2v) is 9.79. The van der Waals surface area contributed by atoms with Gasteiger partial charge in [-0.1, -0.05) is 52.8 Å². The van der Waals surface area contributed by atoms with Crippen LogP contribution in [0.5, 0.6) is 0 Å². The second-order valence-electron chi connectivity index (χ2n) is 9.79. The lowest BCUT2D eigenvalue weighted by Crippen LogP contribution is -2.60. The van der Waals surface area contributed by atoms with Crippen molar-refractivity contribution in [3.63, 3.8) is 0 Å². The second kappa shape index (κ2) is 10.6. The number of nitrogens with zero attached hydrogens (tertiary/aromatic N) is 1. The van der Waals surface area contributed by atoms with E-state index in [9.17, 15) is 14.4 Å². The molecule has 0 radical (unpaired) electrons. The van der Waals surface area contributed by atoms with E-state index in [1.807, 2.05) is 52.8 Å². The quantitative estimate of drug-likeness (QED) is 0.340. The fraction of sp³-hybridized carbons (Fsp3) is 0.542. The number of hydrogen-bond acceptors (Lipinski definition) is 5. The van der Waals surface area contributed by atoms with Gasteiger partial charge in [0.1, 0.15) is 6.04 Å². The Bertz CT molecular complexity index is 871. The SMILES string of the molecule is CN[C@H](C(=O)NC(C(=O)N(C)C/C=C(\C)C(=O)O)C(C)(C)C)C(C)(C)c1cccc(N)c1. The van der Waals surface area contributed by atoms with Crippen LogP contribution in [0, 0.1) is 5.41 Å². The lowest BCUT2D eigenvalue weighted by molar-refractivity contribution is -0.139. The van der Waals surface area contributed by atoms with Crippen molar-refractivity contribution in [1.29, 1.82) is 0 Å². The van der Waals surface area contributed by atoms with Gasteiger partial charge in [0.15, 0.2) is 0 Å². The predicted molar refractivity (Wildman–Crippen MR) is 127 cm³/mol. The van der Waals surface area contributed by atoms with Gasteiger partial charge in [0.25, 0.3) is 0 Å². The third kappa shape index (κ3) is 6.82. The normalized spacial score (nSPS) is 14.4. The molecule has 0 aliphatic heterocycles. The standard InChI is InChI=1S/C24H38N4O4/c1-15(22(31)32)12-13-28(8)21(30)19(23(2,3)4)27-20(29)18(26-7)24(5,6)16-10-9-11-17(25)14-16/h9-12,14,18-19,26H,13,25H2,1-8H3,(H,27,29)(H,31,32)/b15-12+/t18-,19?/m1/s1. The molecule has 1 aromatic rings. The number of likely N-dealkylation sites (N-methyl/N-ethyl adjacent to an activating group) is 2. The number of amides is 2. The van der Waals surface area contributed by atoms with E-state index in [1.54, 1.807) is 20.2 Å². The van der Waals surface area contributed by atoms with Gasteiger partial charge in [-0.2, -0.15) is 0 Å². The van der Waals surface area contributed by atoms with Crippen LogP contribution in [0.1, 0.15) is 47.1 Å². The molecule has 178 valence electrons. The van der Waals surface area contributed by atoms with Crippen LogP contribution in [0.25, 0.3) is 0 Å². The van der Waals surface area contributed by atoms with E-state index in [2.05, 4.69) is 10.6 Å². The molecule has 8 nitrogen and oxygen atoms in total. The lowest BCUT2D eigenvalue weighted by Gasteiger charge is -2.38. The van der Waals surface area contributed by atoms with Gasteiger partial charge in [-0.05, 0) is 37.1 Å². The first-order valence-electron chi connectivity index (χ1n) is 10.6. The number of nitrogens with one attached hydrogen (secondary N) is 2. The van der Waals surface area contributed by atoms with E-state index in [0.717, 1.165) is 5.56 Å². The number of carboxylic acids is 1. The summed E-state index contributed by atoms with van der Waals surface area (Å²) in [5, 5.41) is 15.0. The monoisotopic (exact) mass is 446 g/mol. The predicted octanol–water partition coefficient (Wildman–Crippen LogP) is 2.15. The van der Waals surface area contributed by atoms with Crippen molar-refractivity contribution in [2.24, 2.45) is 5.41 Å². The Kier molecular flexibility index (Phi) is 9.03. The molecular formula is C24H38N4O4. The van der Waals surface area contributed by atoms with E-state index in [-0.39, 0.29) is 23.9 Å². The molecule has 0 aliphatic rings. The molecule has 32 heavy (non-hydrogen) atoms. The highest BCUT2D eigenvalue weighted by molar-refractivity contribution is 5.91. The summed E-state index contributed by atoms with van der Waals surface area (Å²) in [6.45, 7) is 11.1. The zero-order valence-corrected chi connectivity index (χ0v) is 20.4. The lowest BCUT2D eigenvalue weighted by atomic mass is 9.76. The molecule has 0 aliphatic carbocycles. The number of carbonyl (C=O) groups excluding carboxylic acids is 2. The molecule has 8 heteroatoms. The highest BCUT2D eigenvalue weighted by atomic mass is 16.4. The van der Waals surface area contributed by atoms with Crippen molar-refractivity contribution >= 4 is 23.5 Å². The highest BCUT2D eigenvalue weighted by Crippen LogP contribution is 2.29. The van der Waals surface area contributed by atoms with Gasteiger partial charge in [-0.25, -0.2) is 4.79 Å². The Hall–Kier alpha value is -2.87. The maximum absolute atomic E-state index is 13.4. The minimum absolute atomic E-state index is 0.129. The van der Waals surface area contributed by atoms with Gasteiger partial charge in [0, 0.05) is 30.3 Å². The molecule has 2 atom stereocenters. The summed E-state index contributed by atoms with van der Waals surface area (Å²) in [4.78, 5) is 39.0. The van der Waals surface area contributed by atoms with Gasteiger partial charge in [-0.15, -0.1) is 0 Å². The Morgan fingerprint density at radius 2 is 1.75 bits per heavy atom. The van der Waals surface area contributed by atoms with Crippen molar-refractivity contribution in [3.8, 4) is 0 Å². The number of nitrogens with two attached hydrogens (primary N) is 1. The Morgan fingerprint density at radius 3 is 2.22 bits per heavy atom. The van der Waals surface area contributed by atoms with Gasteiger partial charge in [-0.3, -0.25) is 9.59 Å². The average molecular weight is 447 g/mol. The van der Waals surface area contributed by atoms with Crippen LogP contribution in [0.15, 0.2) is 35.9 Å². The summed E-state index contributed by atoms with van der Waals surface area (Å²) < 4.78 is 0. The Labute approximate surface area is 191 Å². The van der Waals surface area contributed by atoms with Gasteiger partial charge in [0.05, 0.1) is 6.04 Å². The zero-order chi connectivity index (χ0) is 24.9. The molecule has 0 bridgehead atoms. The van der Waals surface area contributed by atoms with Crippen molar-refractivity contribution in [2.45, 2.75) is 59.0 Å². The molecule has 1 aromatic carbocycles. The molecule has 0 saturated heterocycles. The number of benzene rings is 1. The minimum atomic E-state index is -1.04. The van der Waals surface area contributed by atoms with Crippen LogP contribution in [0.2, 0.25) is 0 Å². The molecule has 0 aromatic heterocycles. The Morgan fingerprint density at radius 1 is 1.16 bits per heavy atom. The molecule has 1 rings (SSSR count). The fourth-order valence-corrected chi connectivity index (χ4v) is 3.47. The number of carboxylic acid groups (broad SMARTS) is 1. The minimum Gasteiger partial charge on any atom is -0.478 e. The zero-order valence-electron chi connectivity index (χ0n) is 20.4. The van der Waals surface area contributed by atoms with E-state index >= 15 is 0 Å². The topological polar surface area (TPSA) is 125 Å². The van der Waals surface area contributed by atoms with E-state index in [0.29, 0.717) is 5.69 Å². The third-order valence-electron chi connectivity index (χ3n) is 5.69. The summed E-state index contributed by atoms with van der Waals surface area (Å²) in [6.07, 6.45) is 1.47. The molecule has 2 amide bonds. The summed E-state index contributed by atoms with van der Waals surface area (Å²) in [7, 11) is 3.29. The number of rotatable bonds is 9. The van der Waals surface area contributed by atoms with Crippen LogP contribution in [-0.4, -0.2) is 60.5 Å². The summed E-state index contributed by atoms with van der Waals surface area (Å²) in [5.74, 6) is -1.64.